The molecule has 30 heavy (non-hydrogen) atoms. The summed E-state index contributed by atoms with van der Waals surface area (Å²) in [4.78, 5) is 38.2. The SMILES string of the molecule is NC(=O)OC1=CC(=O)N(c2cc(Sc3cccc4ccccc34)c(Cl)cc2Cl)C1=O. The highest BCUT2D eigenvalue weighted by Gasteiger charge is 2.36. The summed E-state index contributed by atoms with van der Waals surface area (Å²) in [5.41, 5.74) is 5.06. The van der Waals surface area contributed by atoms with Gasteiger partial charge in [-0.05, 0) is 29.0 Å². The minimum absolute atomic E-state index is 0.0951. The van der Waals surface area contributed by atoms with Crippen molar-refractivity contribution in [3.05, 3.63) is 76.5 Å². The number of imide groups is 1. The second-order valence-corrected chi connectivity index (χ2v) is 8.12. The van der Waals surface area contributed by atoms with Crippen molar-refractivity contribution in [1.29, 1.82) is 0 Å². The van der Waals surface area contributed by atoms with Crippen LogP contribution in [0.5, 0.6) is 0 Å². The fraction of sp³-hybridized carbons (Fsp3) is 0. The van der Waals surface area contributed by atoms with Gasteiger partial charge in [-0.1, -0.05) is 71.4 Å². The van der Waals surface area contributed by atoms with E-state index in [0.717, 1.165) is 26.6 Å². The molecule has 1 aliphatic rings. The lowest BCUT2D eigenvalue weighted by Gasteiger charge is -2.18. The number of benzene rings is 3. The van der Waals surface area contributed by atoms with Gasteiger partial charge in [0.05, 0.1) is 21.8 Å². The van der Waals surface area contributed by atoms with E-state index in [0.29, 0.717) is 9.92 Å². The molecule has 9 heteroatoms. The van der Waals surface area contributed by atoms with Crippen LogP contribution in [0.1, 0.15) is 0 Å². The lowest BCUT2D eigenvalue weighted by Crippen LogP contribution is -2.32. The fourth-order valence-corrected chi connectivity index (χ4v) is 4.62. The Hall–Kier alpha value is -3.00. The first kappa shape index (κ1) is 20.3. The average Bonchev–Trinajstić information content (AvgIpc) is 2.97. The number of nitrogens with two attached hydrogens (primary N) is 1. The summed E-state index contributed by atoms with van der Waals surface area (Å²) >= 11 is 14.0. The molecule has 0 fully saturated rings. The van der Waals surface area contributed by atoms with Crippen LogP contribution >= 0.6 is 35.0 Å². The molecule has 3 amide bonds. The first-order valence-corrected chi connectivity index (χ1v) is 10.1. The van der Waals surface area contributed by atoms with Crippen LogP contribution < -0.4 is 10.6 Å². The number of rotatable bonds is 4. The molecule has 4 rings (SSSR count). The molecule has 0 bridgehead atoms. The van der Waals surface area contributed by atoms with E-state index in [2.05, 4.69) is 4.74 Å². The van der Waals surface area contributed by atoms with Gasteiger partial charge in [-0.2, -0.15) is 0 Å². The number of carbonyl (C=O) groups is 3. The summed E-state index contributed by atoms with van der Waals surface area (Å²) in [5, 5.41) is 2.56. The minimum Gasteiger partial charge on any atom is -0.404 e. The molecule has 0 unspecified atom stereocenters. The highest BCUT2D eigenvalue weighted by molar-refractivity contribution is 7.99. The molecule has 0 aromatic heterocycles. The first-order valence-electron chi connectivity index (χ1n) is 8.57. The van der Waals surface area contributed by atoms with E-state index in [1.54, 1.807) is 6.07 Å². The normalized spacial score (nSPS) is 13.7. The Morgan fingerprint density at radius 3 is 2.47 bits per heavy atom. The summed E-state index contributed by atoms with van der Waals surface area (Å²) in [7, 11) is 0. The third-order valence-electron chi connectivity index (χ3n) is 4.31. The molecular weight excluding hydrogens is 447 g/mol. The van der Waals surface area contributed by atoms with E-state index in [9.17, 15) is 14.4 Å². The number of primary amides is 1. The average molecular weight is 459 g/mol. The van der Waals surface area contributed by atoms with Gasteiger partial charge in [-0.25, -0.2) is 9.69 Å². The van der Waals surface area contributed by atoms with Crippen molar-refractivity contribution in [2.75, 3.05) is 4.90 Å². The van der Waals surface area contributed by atoms with Crippen LogP contribution in [0.4, 0.5) is 10.5 Å². The number of ether oxygens (including phenoxy) is 1. The summed E-state index contributed by atoms with van der Waals surface area (Å²) < 4.78 is 4.60. The maximum atomic E-state index is 12.5. The molecule has 1 heterocycles. The molecule has 0 spiro atoms. The van der Waals surface area contributed by atoms with Crippen LogP contribution in [0.2, 0.25) is 10.0 Å². The Bertz CT molecular complexity index is 1250. The Balaban J connectivity index is 1.73. The van der Waals surface area contributed by atoms with Gasteiger partial charge in [-0.3, -0.25) is 9.59 Å². The lowest BCUT2D eigenvalue weighted by atomic mass is 10.1. The fourth-order valence-electron chi connectivity index (χ4n) is 3.03. The maximum Gasteiger partial charge on any atom is 0.410 e. The van der Waals surface area contributed by atoms with Crippen molar-refractivity contribution in [2.24, 2.45) is 5.73 Å². The van der Waals surface area contributed by atoms with Crippen molar-refractivity contribution in [1.82, 2.24) is 0 Å². The molecule has 2 N–H and O–H groups in total. The maximum absolute atomic E-state index is 12.5. The molecule has 0 radical (unpaired) electrons. The first-order chi connectivity index (χ1) is 14.3. The van der Waals surface area contributed by atoms with Crippen molar-refractivity contribution in [3.8, 4) is 0 Å². The summed E-state index contributed by atoms with van der Waals surface area (Å²) in [5.74, 6) is -2.02. The minimum atomic E-state index is -1.20. The van der Waals surface area contributed by atoms with E-state index in [1.165, 1.54) is 17.8 Å². The van der Waals surface area contributed by atoms with E-state index < -0.39 is 23.7 Å². The van der Waals surface area contributed by atoms with E-state index in [4.69, 9.17) is 28.9 Å². The van der Waals surface area contributed by atoms with Gasteiger partial charge in [0.15, 0.2) is 0 Å². The van der Waals surface area contributed by atoms with Crippen LogP contribution in [-0.4, -0.2) is 17.9 Å². The van der Waals surface area contributed by atoms with Gasteiger partial charge in [0.2, 0.25) is 5.76 Å². The predicted molar refractivity (Wildman–Crippen MR) is 116 cm³/mol. The number of hydrogen-bond donors (Lipinski definition) is 1. The molecule has 3 aromatic carbocycles. The van der Waals surface area contributed by atoms with Crippen molar-refractivity contribution in [3.63, 3.8) is 0 Å². The lowest BCUT2D eigenvalue weighted by molar-refractivity contribution is -0.121. The summed E-state index contributed by atoms with van der Waals surface area (Å²) in [6.07, 6.45) is -0.311. The van der Waals surface area contributed by atoms with Crippen LogP contribution in [0.15, 0.2) is 76.2 Å². The van der Waals surface area contributed by atoms with Gasteiger partial charge >= 0.3 is 12.0 Å². The summed E-state index contributed by atoms with van der Waals surface area (Å²) in [6, 6.07) is 16.8. The highest BCUT2D eigenvalue weighted by Crippen LogP contribution is 2.42. The van der Waals surface area contributed by atoms with E-state index >= 15 is 0 Å². The van der Waals surface area contributed by atoms with Gasteiger partial charge in [0.25, 0.3) is 5.91 Å². The van der Waals surface area contributed by atoms with Crippen molar-refractivity contribution < 1.29 is 19.1 Å². The molecule has 0 atom stereocenters. The van der Waals surface area contributed by atoms with E-state index in [1.807, 2.05) is 42.5 Å². The largest absolute Gasteiger partial charge is 0.410 e. The highest BCUT2D eigenvalue weighted by atomic mass is 35.5. The number of hydrogen-bond acceptors (Lipinski definition) is 5. The van der Waals surface area contributed by atoms with Crippen LogP contribution in [0.25, 0.3) is 10.8 Å². The molecule has 0 saturated carbocycles. The quantitative estimate of drug-likeness (QED) is 0.545. The Morgan fingerprint density at radius 1 is 0.967 bits per heavy atom. The number of nitrogens with zero attached hydrogens (tertiary/aromatic N) is 1. The van der Waals surface area contributed by atoms with Gasteiger partial charge in [0, 0.05) is 9.79 Å². The standard InChI is InChI=1S/C21H12Cl2N2O4S/c22-13-8-14(23)18(30-17-7-3-5-11-4-1-2-6-12(11)17)9-15(13)25-19(26)10-16(20(25)27)29-21(24)28/h1-10H,(H2,24,28). The van der Waals surface area contributed by atoms with Crippen molar-refractivity contribution >= 4 is 69.3 Å². The number of anilines is 1. The summed E-state index contributed by atoms with van der Waals surface area (Å²) in [6.45, 7) is 0. The predicted octanol–water partition coefficient (Wildman–Crippen LogP) is 5.15. The molecule has 1 aliphatic heterocycles. The molecule has 150 valence electrons. The second kappa shape index (κ2) is 8.02. The van der Waals surface area contributed by atoms with Gasteiger partial charge in [-0.15, -0.1) is 0 Å². The topological polar surface area (TPSA) is 89.7 Å². The Morgan fingerprint density at radius 2 is 1.70 bits per heavy atom. The molecular formula is C21H12Cl2N2O4S. The number of amides is 3. The monoisotopic (exact) mass is 458 g/mol. The molecule has 0 aliphatic carbocycles. The zero-order chi connectivity index (χ0) is 21.4. The zero-order valence-electron chi connectivity index (χ0n) is 15.1. The van der Waals surface area contributed by atoms with Crippen molar-refractivity contribution in [2.45, 2.75) is 9.79 Å². The van der Waals surface area contributed by atoms with Crippen LogP contribution in [-0.2, 0) is 14.3 Å². The third-order valence-corrected chi connectivity index (χ3v) is 6.17. The third kappa shape index (κ3) is 3.75. The second-order valence-electron chi connectivity index (χ2n) is 6.22. The Labute approximate surface area is 185 Å². The van der Waals surface area contributed by atoms with Crippen LogP contribution in [0.3, 0.4) is 0 Å². The molecule has 3 aromatic rings. The number of carbonyl (C=O) groups excluding carboxylic acids is 3. The smallest absolute Gasteiger partial charge is 0.404 e. The Kier molecular flexibility index (Phi) is 5.42. The van der Waals surface area contributed by atoms with Gasteiger partial charge < -0.3 is 10.5 Å². The molecule has 0 saturated heterocycles. The number of halogens is 2. The molecule has 6 nitrogen and oxygen atoms in total. The van der Waals surface area contributed by atoms with E-state index in [-0.39, 0.29) is 10.7 Å². The van der Waals surface area contributed by atoms with Crippen LogP contribution in [0, 0.1) is 0 Å². The zero-order valence-corrected chi connectivity index (χ0v) is 17.4. The van der Waals surface area contributed by atoms with Gasteiger partial charge in [0.1, 0.15) is 0 Å². The number of fused-ring (bicyclic) bond motifs is 1.